The van der Waals surface area contributed by atoms with Gasteiger partial charge < -0.3 is 5.11 Å². The molecule has 0 bridgehead atoms. The van der Waals surface area contributed by atoms with E-state index in [4.69, 9.17) is 5.11 Å². The van der Waals surface area contributed by atoms with Gasteiger partial charge in [-0.3, -0.25) is 4.79 Å². The molecule has 0 aliphatic rings. The van der Waals surface area contributed by atoms with Gasteiger partial charge in [0.25, 0.3) is 0 Å². The number of hydrogen-bond acceptors (Lipinski definition) is 1. The van der Waals surface area contributed by atoms with E-state index in [0.717, 1.165) is 5.56 Å². The summed E-state index contributed by atoms with van der Waals surface area (Å²) in [6.07, 6.45) is 0.834. The van der Waals surface area contributed by atoms with Crippen LogP contribution in [-0.2, 0) is 11.2 Å². The Morgan fingerprint density at radius 3 is 2.33 bits per heavy atom. The molecule has 0 unspecified atom stereocenters. The molecule has 3 heteroatoms. The molecule has 0 aliphatic heterocycles. The average Bonchev–Trinajstić information content (AvgIpc) is 2.03. The summed E-state index contributed by atoms with van der Waals surface area (Å²) in [5, 5.41) is 8.37. The first-order chi connectivity index (χ1) is 5.29. The van der Waals surface area contributed by atoms with Gasteiger partial charge in [0.05, 0.1) is 0 Å². The van der Waals surface area contributed by atoms with Crippen molar-refractivity contribution in [1.82, 2.24) is 0 Å². The van der Waals surface area contributed by atoms with Crippen LogP contribution in [0, 0.1) is 0 Å². The van der Waals surface area contributed by atoms with Crippen molar-refractivity contribution >= 4 is 35.5 Å². The molecule has 1 aromatic rings. The number of rotatable bonds is 3. The molecule has 2 nitrogen and oxygen atoms in total. The second-order valence-electron chi connectivity index (χ2n) is 2.38. The fourth-order valence-electron chi connectivity index (χ4n) is 0.896. The van der Waals surface area contributed by atoms with Gasteiger partial charge in [-0.15, -0.1) is 0 Å². The third kappa shape index (κ3) is 4.54. The van der Waals surface area contributed by atoms with E-state index in [2.05, 4.69) is 0 Å². The Morgan fingerprint density at radius 2 is 1.83 bits per heavy atom. The molecule has 0 radical (unpaired) electrons. The summed E-state index contributed by atoms with van der Waals surface area (Å²) in [6.45, 7) is 0. The summed E-state index contributed by atoms with van der Waals surface area (Å²) in [5.74, 6) is -0.742. The normalized spacial score (nSPS) is 8.67. The van der Waals surface area contributed by atoms with Gasteiger partial charge in [0.15, 0.2) is 0 Å². The summed E-state index contributed by atoms with van der Waals surface area (Å²) in [6, 6.07) is 9.62. The monoisotopic (exact) mass is 174 g/mol. The maximum atomic E-state index is 10.2. The number of carbonyl (C=O) groups is 1. The molecule has 0 spiro atoms. The van der Waals surface area contributed by atoms with Crippen molar-refractivity contribution in [2.45, 2.75) is 12.8 Å². The number of aryl methyl sites for hydroxylation is 1. The summed E-state index contributed by atoms with van der Waals surface area (Å²) in [4.78, 5) is 10.2. The van der Waals surface area contributed by atoms with Crippen LogP contribution in [0.1, 0.15) is 12.0 Å². The number of aliphatic carboxylic acids is 1. The number of hydrogen-bond donors (Lipinski definition) is 1. The molecule has 0 saturated heterocycles. The Labute approximate surface area is 93.9 Å². The fraction of sp³-hybridized carbons (Fsp3) is 0.222. The first-order valence-electron chi connectivity index (χ1n) is 3.55. The van der Waals surface area contributed by atoms with Crippen molar-refractivity contribution in [3.63, 3.8) is 0 Å². The van der Waals surface area contributed by atoms with Crippen LogP contribution in [0.2, 0.25) is 0 Å². The van der Waals surface area contributed by atoms with Gasteiger partial charge in [0.2, 0.25) is 0 Å². The average molecular weight is 174 g/mol. The van der Waals surface area contributed by atoms with Gasteiger partial charge in [-0.05, 0) is 12.0 Å². The van der Waals surface area contributed by atoms with Gasteiger partial charge in [0.1, 0.15) is 0 Å². The van der Waals surface area contributed by atoms with Crippen molar-refractivity contribution in [1.29, 1.82) is 0 Å². The molecule has 0 aromatic heterocycles. The van der Waals surface area contributed by atoms with Crippen LogP contribution >= 0.6 is 0 Å². The van der Waals surface area contributed by atoms with Crippen molar-refractivity contribution in [2.24, 2.45) is 0 Å². The van der Waals surface area contributed by atoms with Crippen molar-refractivity contribution in [3.05, 3.63) is 35.9 Å². The van der Waals surface area contributed by atoms with E-state index in [1.165, 1.54) is 0 Å². The van der Waals surface area contributed by atoms with Crippen LogP contribution in [0.15, 0.2) is 30.3 Å². The fourth-order valence-corrected chi connectivity index (χ4v) is 0.896. The second kappa shape index (κ2) is 6.23. The topological polar surface area (TPSA) is 37.3 Å². The molecular formula is C9H11NaO2. The van der Waals surface area contributed by atoms with E-state index in [9.17, 15) is 4.79 Å². The van der Waals surface area contributed by atoms with Gasteiger partial charge in [-0.1, -0.05) is 30.3 Å². The molecular weight excluding hydrogens is 163 g/mol. The Morgan fingerprint density at radius 1 is 1.25 bits per heavy atom. The van der Waals surface area contributed by atoms with Crippen LogP contribution < -0.4 is 0 Å². The zero-order valence-electron chi connectivity index (χ0n) is 6.16. The van der Waals surface area contributed by atoms with Crippen LogP contribution in [0.3, 0.4) is 0 Å². The van der Waals surface area contributed by atoms with Crippen LogP contribution in [0.25, 0.3) is 0 Å². The van der Waals surface area contributed by atoms with Gasteiger partial charge in [-0.25, -0.2) is 0 Å². The molecule has 0 aliphatic carbocycles. The van der Waals surface area contributed by atoms with E-state index in [-0.39, 0.29) is 36.0 Å². The quantitative estimate of drug-likeness (QED) is 0.695. The SMILES string of the molecule is O=C(O)CCc1ccccc1.[NaH]. The zero-order chi connectivity index (χ0) is 8.10. The Bertz CT molecular complexity index is 234. The molecule has 1 N–H and O–H groups in total. The van der Waals surface area contributed by atoms with E-state index in [0.29, 0.717) is 6.42 Å². The first-order valence-corrected chi connectivity index (χ1v) is 3.55. The molecule has 12 heavy (non-hydrogen) atoms. The maximum absolute atomic E-state index is 10.2. The molecule has 1 rings (SSSR count). The standard InChI is InChI=1S/C9H10O2.Na.H/c10-9(11)7-6-8-4-2-1-3-5-8;;/h1-5H,6-7H2,(H,10,11);;. The summed E-state index contributed by atoms with van der Waals surface area (Å²) in [7, 11) is 0. The van der Waals surface area contributed by atoms with Crippen LogP contribution in [0.5, 0.6) is 0 Å². The van der Waals surface area contributed by atoms with Crippen molar-refractivity contribution in [3.8, 4) is 0 Å². The summed E-state index contributed by atoms with van der Waals surface area (Å²) < 4.78 is 0. The zero-order valence-corrected chi connectivity index (χ0v) is 6.16. The molecule has 1 aromatic carbocycles. The molecule has 0 heterocycles. The van der Waals surface area contributed by atoms with Crippen molar-refractivity contribution in [2.75, 3.05) is 0 Å². The number of benzene rings is 1. The summed E-state index contributed by atoms with van der Waals surface area (Å²) in [5.41, 5.74) is 1.08. The van der Waals surface area contributed by atoms with Crippen LogP contribution in [-0.4, -0.2) is 40.6 Å². The number of carboxylic acids is 1. The van der Waals surface area contributed by atoms with Crippen molar-refractivity contribution < 1.29 is 9.90 Å². The minimum absolute atomic E-state index is 0. The minimum atomic E-state index is -0.742. The number of carboxylic acid groups (broad SMARTS) is 1. The van der Waals surface area contributed by atoms with Gasteiger partial charge in [0, 0.05) is 6.42 Å². The predicted octanol–water partition coefficient (Wildman–Crippen LogP) is 1.06. The Kier molecular flexibility index (Phi) is 6.07. The Hall–Kier alpha value is -0.310. The third-order valence-electron chi connectivity index (χ3n) is 1.47. The molecule has 0 amide bonds. The molecule has 0 fully saturated rings. The molecule has 0 atom stereocenters. The molecule has 60 valence electrons. The third-order valence-corrected chi connectivity index (χ3v) is 1.47. The second-order valence-corrected chi connectivity index (χ2v) is 2.38. The Balaban J connectivity index is 0.00000121. The molecule has 0 saturated carbocycles. The first kappa shape index (κ1) is 11.7. The van der Waals surface area contributed by atoms with E-state index >= 15 is 0 Å². The predicted molar refractivity (Wildman–Crippen MR) is 49.5 cm³/mol. The van der Waals surface area contributed by atoms with Gasteiger partial charge in [-0.2, -0.15) is 0 Å². The van der Waals surface area contributed by atoms with E-state index in [1.54, 1.807) is 0 Å². The summed E-state index contributed by atoms with van der Waals surface area (Å²) >= 11 is 0. The van der Waals surface area contributed by atoms with Crippen LogP contribution in [0.4, 0.5) is 0 Å². The van der Waals surface area contributed by atoms with E-state index in [1.807, 2.05) is 30.3 Å². The van der Waals surface area contributed by atoms with Gasteiger partial charge >= 0.3 is 35.5 Å². The van der Waals surface area contributed by atoms with E-state index < -0.39 is 5.97 Å².